The molecule has 0 saturated carbocycles. The van der Waals surface area contributed by atoms with E-state index in [-0.39, 0.29) is 0 Å². The molecule has 3 rings (SSSR count). The summed E-state index contributed by atoms with van der Waals surface area (Å²) in [7, 11) is 0. The summed E-state index contributed by atoms with van der Waals surface area (Å²) in [5, 5.41) is 6.51. The van der Waals surface area contributed by atoms with Crippen molar-refractivity contribution in [3.05, 3.63) is 88.6 Å². The number of hydrogen-bond donors (Lipinski definition) is 2. The fraction of sp³-hybridized carbons (Fsp3) is 0.333. The molecule has 0 saturated heterocycles. The zero-order valence-electron chi connectivity index (χ0n) is 17.9. The van der Waals surface area contributed by atoms with Crippen molar-refractivity contribution in [3.8, 4) is 0 Å². The minimum atomic E-state index is 0.498. The molecule has 6 nitrogen and oxygen atoms in total. The van der Waals surface area contributed by atoms with E-state index in [0.29, 0.717) is 32.2 Å². The van der Waals surface area contributed by atoms with Gasteiger partial charge in [-0.15, -0.1) is 0 Å². The Morgan fingerprint density at radius 2 is 1.60 bits per heavy atom. The fourth-order valence-electron chi connectivity index (χ4n) is 2.89. The van der Waals surface area contributed by atoms with E-state index >= 15 is 0 Å². The van der Waals surface area contributed by atoms with Crippen molar-refractivity contribution in [2.75, 3.05) is 6.54 Å². The highest BCUT2D eigenvalue weighted by atomic mass is 16.5. The first kappa shape index (κ1) is 21.6. The van der Waals surface area contributed by atoms with Crippen molar-refractivity contribution in [1.29, 1.82) is 0 Å². The summed E-state index contributed by atoms with van der Waals surface area (Å²) in [6.45, 7) is 8.99. The van der Waals surface area contributed by atoms with Gasteiger partial charge in [0.15, 0.2) is 5.96 Å². The lowest BCUT2D eigenvalue weighted by Gasteiger charge is -2.10. The minimum Gasteiger partial charge on any atom is -0.444 e. The molecular weight excluding hydrogens is 376 g/mol. The van der Waals surface area contributed by atoms with E-state index in [1.165, 1.54) is 5.56 Å². The Morgan fingerprint density at radius 1 is 0.933 bits per heavy atom. The summed E-state index contributed by atoms with van der Waals surface area (Å²) in [6, 6.07) is 18.6. The monoisotopic (exact) mass is 406 g/mol. The van der Waals surface area contributed by atoms with E-state index in [4.69, 9.17) is 9.15 Å². The summed E-state index contributed by atoms with van der Waals surface area (Å²) >= 11 is 0. The lowest BCUT2D eigenvalue weighted by Crippen LogP contribution is -2.36. The zero-order chi connectivity index (χ0) is 21.2. The highest BCUT2D eigenvalue weighted by Gasteiger charge is 2.06. The van der Waals surface area contributed by atoms with Gasteiger partial charge in [0.05, 0.1) is 32.0 Å². The largest absolute Gasteiger partial charge is 0.444 e. The molecule has 158 valence electrons. The van der Waals surface area contributed by atoms with E-state index in [1.54, 1.807) is 0 Å². The Kier molecular flexibility index (Phi) is 8.03. The number of rotatable bonds is 9. The first-order valence-corrected chi connectivity index (χ1v) is 10.3. The van der Waals surface area contributed by atoms with Gasteiger partial charge < -0.3 is 19.8 Å². The van der Waals surface area contributed by atoms with Crippen LogP contribution >= 0.6 is 0 Å². The van der Waals surface area contributed by atoms with Crippen molar-refractivity contribution in [2.45, 2.75) is 47.1 Å². The molecule has 0 spiro atoms. The highest BCUT2D eigenvalue weighted by molar-refractivity contribution is 5.79. The van der Waals surface area contributed by atoms with Crippen molar-refractivity contribution in [1.82, 2.24) is 15.6 Å². The molecule has 0 amide bonds. The molecule has 2 N–H and O–H groups in total. The molecule has 6 heteroatoms. The van der Waals surface area contributed by atoms with E-state index < -0.39 is 0 Å². The molecule has 2 aromatic carbocycles. The van der Waals surface area contributed by atoms with Gasteiger partial charge in [-0.3, -0.25) is 0 Å². The number of aromatic nitrogens is 1. The summed E-state index contributed by atoms with van der Waals surface area (Å²) in [5.41, 5.74) is 4.39. The van der Waals surface area contributed by atoms with Crippen molar-refractivity contribution in [2.24, 2.45) is 4.99 Å². The lowest BCUT2D eigenvalue weighted by molar-refractivity contribution is 0.107. The summed E-state index contributed by atoms with van der Waals surface area (Å²) < 4.78 is 11.4. The second-order valence-corrected chi connectivity index (χ2v) is 7.09. The molecular formula is C24H30N4O2. The van der Waals surface area contributed by atoms with Gasteiger partial charge in [0.25, 0.3) is 0 Å². The third-order valence-electron chi connectivity index (χ3n) is 4.65. The fourth-order valence-corrected chi connectivity index (χ4v) is 2.89. The second-order valence-electron chi connectivity index (χ2n) is 7.09. The van der Waals surface area contributed by atoms with Crippen molar-refractivity contribution >= 4 is 5.96 Å². The first-order valence-electron chi connectivity index (χ1n) is 10.3. The molecule has 1 heterocycles. The van der Waals surface area contributed by atoms with Crippen LogP contribution in [0.2, 0.25) is 0 Å². The van der Waals surface area contributed by atoms with Gasteiger partial charge in [0.1, 0.15) is 5.76 Å². The van der Waals surface area contributed by atoms with Crippen LogP contribution < -0.4 is 10.6 Å². The molecule has 1 aromatic heterocycles. The Morgan fingerprint density at radius 3 is 2.23 bits per heavy atom. The minimum absolute atomic E-state index is 0.498. The third kappa shape index (κ3) is 6.74. The van der Waals surface area contributed by atoms with Crippen LogP contribution in [0.25, 0.3) is 0 Å². The molecule has 3 aromatic rings. The van der Waals surface area contributed by atoms with Gasteiger partial charge in [0.2, 0.25) is 5.89 Å². The topological polar surface area (TPSA) is 71.7 Å². The van der Waals surface area contributed by atoms with E-state index in [2.05, 4.69) is 57.0 Å². The number of oxazole rings is 1. The maximum absolute atomic E-state index is 5.80. The summed E-state index contributed by atoms with van der Waals surface area (Å²) in [6.07, 6.45) is 0. The van der Waals surface area contributed by atoms with Crippen LogP contribution in [0.5, 0.6) is 0 Å². The zero-order valence-corrected chi connectivity index (χ0v) is 17.9. The van der Waals surface area contributed by atoms with Crippen LogP contribution in [-0.2, 0) is 31.0 Å². The van der Waals surface area contributed by atoms with Gasteiger partial charge in [-0.1, -0.05) is 54.6 Å². The number of hydrogen-bond acceptors (Lipinski definition) is 4. The normalized spacial score (nSPS) is 11.5. The molecule has 30 heavy (non-hydrogen) atoms. The Labute approximate surface area is 178 Å². The smallest absolute Gasteiger partial charge is 0.214 e. The SMILES string of the molecule is CCNC(=NCc1ccc(COCc2ccccc2)cc1)NCc1nc(C)c(C)o1. The summed E-state index contributed by atoms with van der Waals surface area (Å²) in [5.74, 6) is 2.25. The maximum Gasteiger partial charge on any atom is 0.214 e. The average molecular weight is 407 g/mol. The van der Waals surface area contributed by atoms with E-state index in [0.717, 1.165) is 35.1 Å². The number of nitrogens with one attached hydrogen (secondary N) is 2. The number of guanidine groups is 1. The Hall–Kier alpha value is -3.12. The van der Waals surface area contributed by atoms with Gasteiger partial charge in [-0.25, -0.2) is 9.98 Å². The van der Waals surface area contributed by atoms with Crippen LogP contribution in [0.3, 0.4) is 0 Å². The molecule has 0 aliphatic heterocycles. The van der Waals surface area contributed by atoms with Crippen LogP contribution in [0.15, 0.2) is 64.0 Å². The number of nitrogens with zero attached hydrogens (tertiary/aromatic N) is 2. The standard InChI is InChI=1S/C24H30N4O2/c1-4-25-24(27-15-23-28-18(2)19(3)30-23)26-14-20-10-12-22(13-11-20)17-29-16-21-8-6-5-7-9-21/h5-13H,4,14-17H2,1-3H3,(H2,25,26,27). The van der Waals surface area contributed by atoms with Gasteiger partial charge in [-0.2, -0.15) is 0 Å². The number of aliphatic imine (C=N–C) groups is 1. The Balaban J connectivity index is 1.48. The van der Waals surface area contributed by atoms with Crippen LogP contribution in [0.1, 0.15) is 41.0 Å². The van der Waals surface area contributed by atoms with Crippen LogP contribution in [0, 0.1) is 13.8 Å². The van der Waals surface area contributed by atoms with Gasteiger partial charge >= 0.3 is 0 Å². The van der Waals surface area contributed by atoms with Gasteiger partial charge in [-0.05, 0) is 37.5 Å². The maximum atomic E-state index is 5.80. The number of benzene rings is 2. The number of aryl methyl sites for hydroxylation is 2. The summed E-state index contributed by atoms with van der Waals surface area (Å²) in [4.78, 5) is 9.04. The van der Waals surface area contributed by atoms with Gasteiger partial charge in [0, 0.05) is 6.54 Å². The van der Waals surface area contributed by atoms with Crippen molar-refractivity contribution in [3.63, 3.8) is 0 Å². The molecule has 0 fully saturated rings. The highest BCUT2D eigenvalue weighted by Crippen LogP contribution is 2.10. The van der Waals surface area contributed by atoms with Crippen LogP contribution in [-0.4, -0.2) is 17.5 Å². The van der Waals surface area contributed by atoms with Crippen LogP contribution in [0.4, 0.5) is 0 Å². The predicted molar refractivity (Wildman–Crippen MR) is 119 cm³/mol. The van der Waals surface area contributed by atoms with Crippen molar-refractivity contribution < 1.29 is 9.15 Å². The molecule has 0 aliphatic rings. The van der Waals surface area contributed by atoms with E-state index in [1.807, 2.05) is 39.0 Å². The molecule has 0 bridgehead atoms. The predicted octanol–water partition coefficient (Wildman–Crippen LogP) is 4.26. The first-order chi connectivity index (χ1) is 14.6. The Bertz CT molecular complexity index is 914. The molecule has 0 aliphatic carbocycles. The molecule has 0 unspecified atom stereocenters. The molecule has 0 radical (unpaired) electrons. The second kappa shape index (κ2) is 11.2. The quantitative estimate of drug-likeness (QED) is 0.410. The lowest BCUT2D eigenvalue weighted by atomic mass is 10.1. The van der Waals surface area contributed by atoms with E-state index in [9.17, 15) is 0 Å². The molecule has 0 atom stereocenters. The average Bonchev–Trinajstić information content (AvgIpc) is 3.09. The number of ether oxygens (including phenoxy) is 1. The third-order valence-corrected chi connectivity index (χ3v) is 4.65.